The third-order valence-electron chi connectivity index (χ3n) is 2.95. The Morgan fingerprint density at radius 2 is 1.95 bits per heavy atom. The third kappa shape index (κ3) is 3.57. The number of rotatable bonds is 5. The Morgan fingerprint density at radius 1 is 1.19 bits per heavy atom. The van der Waals surface area contributed by atoms with Gasteiger partial charge in [-0.05, 0) is 13.0 Å². The van der Waals surface area contributed by atoms with Crippen LogP contribution in [0.5, 0.6) is 11.5 Å². The molecular formula is C14H20N6O. The van der Waals surface area contributed by atoms with E-state index < -0.39 is 0 Å². The summed E-state index contributed by atoms with van der Waals surface area (Å²) in [6, 6.07) is 1.89. The molecule has 0 aliphatic rings. The van der Waals surface area contributed by atoms with Crippen LogP contribution in [0.3, 0.4) is 0 Å². The molecule has 0 saturated carbocycles. The third-order valence-corrected chi connectivity index (χ3v) is 2.95. The molecule has 21 heavy (non-hydrogen) atoms. The van der Waals surface area contributed by atoms with Crippen molar-refractivity contribution in [3.05, 3.63) is 29.7 Å². The Morgan fingerprint density at radius 3 is 2.57 bits per heavy atom. The lowest BCUT2D eigenvalue weighted by Crippen LogP contribution is -2.08. The zero-order chi connectivity index (χ0) is 15.4. The van der Waals surface area contributed by atoms with E-state index in [0.717, 1.165) is 11.3 Å². The van der Waals surface area contributed by atoms with Crippen LogP contribution in [0.2, 0.25) is 0 Å². The molecule has 0 amide bonds. The van der Waals surface area contributed by atoms with Crippen molar-refractivity contribution in [3.63, 3.8) is 0 Å². The Kier molecular flexibility index (Phi) is 4.54. The molecule has 0 fully saturated rings. The number of hydrogen-bond acceptors (Lipinski definition) is 7. The second kappa shape index (κ2) is 6.36. The molecule has 7 nitrogen and oxygen atoms in total. The fourth-order valence-corrected chi connectivity index (χ4v) is 1.88. The van der Waals surface area contributed by atoms with Crippen LogP contribution in [0.4, 0.5) is 11.8 Å². The summed E-state index contributed by atoms with van der Waals surface area (Å²) in [4.78, 5) is 12.2. The van der Waals surface area contributed by atoms with Crippen LogP contribution < -0.4 is 21.5 Å². The standard InChI is InChI=1S/C14H20N6O/c1-8(2)10-6-18-9(5-17-3)4-11(10)21-12-7-19-14(16)20-13(12)15/h4,6-8,17H,5H2,1-3H3,(H4,15,16,19,20). The van der Waals surface area contributed by atoms with Crippen LogP contribution in [0, 0.1) is 0 Å². The van der Waals surface area contributed by atoms with Gasteiger partial charge >= 0.3 is 0 Å². The first-order chi connectivity index (χ1) is 10.0. The second-order valence-corrected chi connectivity index (χ2v) is 4.98. The highest BCUT2D eigenvalue weighted by Gasteiger charge is 2.13. The maximum Gasteiger partial charge on any atom is 0.222 e. The monoisotopic (exact) mass is 288 g/mol. The fourth-order valence-electron chi connectivity index (χ4n) is 1.88. The molecule has 0 aliphatic carbocycles. The average molecular weight is 288 g/mol. The first-order valence-electron chi connectivity index (χ1n) is 6.70. The molecule has 2 heterocycles. The lowest BCUT2D eigenvalue weighted by molar-refractivity contribution is 0.469. The van der Waals surface area contributed by atoms with Crippen LogP contribution in [-0.4, -0.2) is 22.0 Å². The van der Waals surface area contributed by atoms with Gasteiger partial charge in [0.15, 0.2) is 11.6 Å². The van der Waals surface area contributed by atoms with Crippen molar-refractivity contribution < 1.29 is 4.74 Å². The van der Waals surface area contributed by atoms with Crippen molar-refractivity contribution in [2.75, 3.05) is 18.5 Å². The minimum atomic E-state index is 0.120. The Labute approximate surface area is 123 Å². The van der Waals surface area contributed by atoms with Gasteiger partial charge in [-0.3, -0.25) is 4.98 Å². The van der Waals surface area contributed by atoms with Gasteiger partial charge in [0.25, 0.3) is 0 Å². The maximum atomic E-state index is 5.87. The number of nitrogens with two attached hydrogens (primary N) is 2. The van der Waals surface area contributed by atoms with Crippen molar-refractivity contribution in [2.24, 2.45) is 0 Å². The number of ether oxygens (including phenoxy) is 1. The van der Waals surface area contributed by atoms with Crippen molar-refractivity contribution in [2.45, 2.75) is 26.3 Å². The highest BCUT2D eigenvalue weighted by Crippen LogP contribution is 2.32. The Hall–Kier alpha value is -2.41. The molecule has 0 aliphatic heterocycles. The van der Waals surface area contributed by atoms with Crippen LogP contribution in [0.25, 0.3) is 0 Å². The van der Waals surface area contributed by atoms with E-state index in [1.165, 1.54) is 6.20 Å². The van der Waals surface area contributed by atoms with Crippen LogP contribution in [-0.2, 0) is 6.54 Å². The quantitative estimate of drug-likeness (QED) is 0.767. The van der Waals surface area contributed by atoms with Crippen molar-refractivity contribution >= 4 is 11.8 Å². The average Bonchev–Trinajstić information content (AvgIpc) is 2.42. The summed E-state index contributed by atoms with van der Waals surface area (Å²) in [5, 5.41) is 3.06. The van der Waals surface area contributed by atoms with Crippen LogP contribution in [0.1, 0.15) is 31.0 Å². The number of anilines is 2. The predicted octanol–water partition coefficient (Wildman–Crippen LogP) is 1.67. The van der Waals surface area contributed by atoms with Gasteiger partial charge in [0.1, 0.15) is 5.75 Å². The molecule has 2 aromatic rings. The molecule has 0 saturated heterocycles. The van der Waals surface area contributed by atoms with E-state index >= 15 is 0 Å². The van der Waals surface area contributed by atoms with E-state index in [1.54, 1.807) is 0 Å². The molecule has 112 valence electrons. The molecule has 0 radical (unpaired) electrons. The Balaban J connectivity index is 2.38. The summed E-state index contributed by atoms with van der Waals surface area (Å²) in [7, 11) is 1.87. The minimum absolute atomic E-state index is 0.120. The first kappa shape index (κ1) is 15.0. The van der Waals surface area contributed by atoms with E-state index in [4.69, 9.17) is 16.2 Å². The number of aromatic nitrogens is 3. The van der Waals surface area contributed by atoms with E-state index in [-0.39, 0.29) is 17.7 Å². The molecule has 0 bridgehead atoms. The summed E-state index contributed by atoms with van der Waals surface area (Å²) in [6.45, 7) is 4.80. The lowest BCUT2D eigenvalue weighted by Gasteiger charge is -2.15. The largest absolute Gasteiger partial charge is 0.451 e. The van der Waals surface area contributed by atoms with Gasteiger partial charge in [-0.25, -0.2) is 4.98 Å². The summed E-state index contributed by atoms with van der Waals surface area (Å²) in [5.74, 6) is 1.68. The number of nitrogen functional groups attached to an aromatic ring is 2. The van der Waals surface area contributed by atoms with E-state index in [2.05, 4.69) is 34.1 Å². The van der Waals surface area contributed by atoms with Gasteiger partial charge in [0.05, 0.1) is 11.9 Å². The molecule has 0 spiro atoms. The van der Waals surface area contributed by atoms with Gasteiger partial charge in [-0.1, -0.05) is 13.8 Å². The summed E-state index contributed by atoms with van der Waals surface area (Å²) >= 11 is 0. The second-order valence-electron chi connectivity index (χ2n) is 4.98. The number of nitrogens with zero attached hydrogens (tertiary/aromatic N) is 3. The highest BCUT2D eigenvalue weighted by molar-refractivity contribution is 5.50. The zero-order valence-corrected chi connectivity index (χ0v) is 12.4. The molecular weight excluding hydrogens is 268 g/mol. The molecule has 2 rings (SSSR count). The van der Waals surface area contributed by atoms with Crippen LogP contribution >= 0.6 is 0 Å². The molecule has 7 heteroatoms. The van der Waals surface area contributed by atoms with Crippen molar-refractivity contribution in [1.29, 1.82) is 0 Å². The van der Waals surface area contributed by atoms with Gasteiger partial charge < -0.3 is 21.5 Å². The SMILES string of the molecule is CNCc1cc(Oc2cnc(N)nc2N)c(C(C)C)cn1. The van der Waals surface area contributed by atoms with E-state index in [1.807, 2.05) is 19.3 Å². The molecule has 5 N–H and O–H groups in total. The van der Waals surface area contributed by atoms with Crippen molar-refractivity contribution in [1.82, 2.24) is 20.3 Å². The number of pyridine rings is 1. The molecule has 0 unspecified atom stereocenters. The normalized spacial score (nSPS) is 10.9. The summed E-state index contributed by atoms with van der Waals surface area (Å²) in [6.07, 6.45) is 3.29. The predicted molar refractivity (Wildman–Crippen MR) is 82.0 cm³/mol. The maximum absolute atomic E-state index is 5.87. The summed E-state index contributed by atoms with van der Waals surface area (Å²) < 4.78 is 5.87. The topological polar surface area (TPSA) is 112 Å². The van der Waals surface area contributed by atoms with E-state index in [9.17, 15) is 0 Å². The molecule has 0 aromatic carbocycles. The molecule has 0 atom stereocenters. The lowest BCUT2D eigenvalue weighted by atomic mass is 10.0. The van der Waals surface area contributed by atoms with Crippen LogP contribution in [0.15, 0.2) is 18.5 Å². The summed E-state index contributed by atoms with van der Waals surface area (Å²) in [5.41, 5.74) is 13.2. The molecule has 2 aromatic heterocycles. The van der Waals surface area contributed by atoms with E-state index in [0.29, 0.717) is 18.0 Å². The minimum Gasteiger partial charge on any atom is -0.451 e. The van der Waals surface area contributed by atoms with Crippen molar-refractivity contribution in [3.8, 4) is 11.5 Å². The highest BCUT2D eigenvalue weighted by atomic mass is 16.5. The zero-order valence-electron chi connectivity index (χ0n) is 12.4. The first-order valence-corrected chi connectivity index (χ1v) is 6.70. The fraction of sp³-hybridized carbons (Fsp3) is 0.357. The van der Waals surface area contributed by atoms with Gasteiger partial charge in [-0.2, -0.15) is 4.98 Å². The van der Waals surface area contributed by atoms with Gasteiger partial charge in [-0.15, -0.1) is 0 Å². The van der Waals surface area contributed by atoms with Gasteiger partial charge in [0, 0.05) is 24.4 Å². The number of nitrogens with one attached hydrogen (secondary N) is 1. The number of hydrogen-bond donors (Lipinski definition) is 3. The Bertz CT molecular complexity index is 629. The smallest absolute Gasteiger partial charge is 0.222 e. The van der Waals surface area contributed by atoms with Gasteiger partial charge in [0.2, 0.25) is 5.95 Å².